The van der Waals surface area contributed by atoms with Gasteiger partial charge in [-0.15, -0.1) is 0 Å². The zero-order chi connectivity index (χ0) is 11.9. The first kappa shape index (κ1) is 16.1. The Morgan fingerprint density at radius 1 is 1.27 bits per heavy atom. The second-order valence-electron chi connectivity index (χ2n) is 2.53. The van der Waals surface area contributed by atoms with Crippen LogP contribution in [0.4, 0.5) is 0 Å². The van der Waals surface area contributed by atoms with Crippen molar-refractivity contribution in [2.75, 3.05) is 0 Å². The highest BCUT2D eigenvalue weighted by molar-refractivity contribution is 5.70. The highest BCUT2D eigenvalue weighted by Gasteiger charge is 1.91. The molecule has 0 bridgehead atoms. The van der Waals surface area contributed by atoms with Gasteiger partial charge in [0, 0.05) is 6.42 Å². The Morgan fingerprint density at radius 2 is 1.73 bits per heavy atom. The van der Waals surface area contributed by atoms with Crippen molar-refractivity contribution in [2.45, 2.75) is 39.5 Å². The Bertz CT molecular complexity index is 193. The molecule has 3 nitrogen and oxygen atoms in total. The lowest BCUT2D eigenvalue weighted by atomic mass is 10.2. The maximum Gasteiger partial charge on any atom is 0.303 e. The Labute approximate surface area is 91.5 Å². The molecule has 0 spiro atoms. The highest BCUT2D eigenvalue weighted by atomic mass is 16.4. The van der Waals surface area contributed by atoms with Gasteiger partial charge in [0.1, 0.15) is 6.29 Å². The van der Waals surface area contributed by atoms with Gasteiger partial charge in [-0.25, -0.2) is 0 Å². The van der Waals surface area contributed by atoms with Crippen molar-refractivity contribution >= 4 is 12.3 Å². The minimum absolute atomic E-state index is 0.0521. The molecule has 0 amide bonds. The van der Waals surface area contributed by atoms with Gasteiger partial charge in [0.2, 0.25) is 0 Å². The fraction of sp³-hybridized carbons (Fsp3) is 0.500. The van der Waals surface area contributed by atoms with E-state index in [0.29, 0.717) is 6.29 Å². The molecule has 86 valence electrons. The molecule has 0 heterocycles. The molecule has 0 aromatic rings. The molecule has 0 unspecified atom stereocenters. The molecule has 1 aliphatic rings. The first-order chi connectivity index (χ1) is 7.27. The number of hydrogen-bond donors (Lipinski definition) is 1. The van der Waals surface area contributed by atoms with Crippen LogP contribution in [0.25, 0.3) is 0 Å². The topological polar surface area (TPSA) is 54.4 Å². The Hall–Kier alpha value is -1.38. The van der Waals surface area contributed by atoms with Crippen LogP contribution in [0.5, 0.6) is 0 Å². The van der Waals surface area contributed by atoms with Gasteiger partial charge >= 0.3 is 5.97 Å². The molecule has 1 aliphatic carbocycles. The zero-order valence-corrected chi connectivity index (χ0v) is 9.48. The van der Waals surface area contributed by atoms with Gasteiger partial charge in [-0.05, 0) is 12.8 Å². The van der Waals surface area contributed by atoms with Crippen LogP contribution < -0.4 is 0 Å². The lowest BCUT2D eigenvalue weighted by Crippen LogP contribution is -1.93. The smallest absolute Gasteiger partial charge is 0.303 e. The van der Waals surface area contributed by atoms with Gasteiger partial charge in [0.25, 0.3) is 0 Å². The molecule has 0 aromatic carbocycles. The number of allylic oxidation sites excluding steroid dienone is 4. The molecule has 1 N–H and O–H groups in total. The molecule has 15 heavy (non-hydrogen) atoms. The van der Waals surface area contributed by atoms with Crippen LogP contribution in [-0.4, -0.2) is 17.4 Å². The van der Waals surface area contributed by atoms with Crippen molar-refractivity contribution in [1.29, 1.82) is 0 Å². The van der Waals surface area contributed by atoms with Crippen LogP contribution in [0.2, 0.25) is 0 Å². The summed E-state index contributed by atoms with van der Waals surface area (Å²) in [6.45, 7) is 4.00. The number of aldehydes is 1. The number of carbonyl (C=O) groups excluding carboxylic acids is 1. The highest BCUT2D eigenvalue weighted by Crippen LogP contribution is 1.98. The largest absolute Gasteiger partial charge is 0.481 e. The third kappa shape index (κ3) is 19.2. The van der Waals surface area contributed by atoms with E-state index in [-0.39, 0.29) is 12.8 Å². The van der Waals surface area contributed by atoms with Crippen LogP contribution in [0.15, 0.2) is 24.3 Å². The van der Waals surface area contributed by atoms with Gasteiger partial charge in [-0.3, -0.25) is 4.79 Å². The summed E-state index contributed by atoms with van der Waals surface area (Å²) in [4.78, 5) is 19.0. The second kappa shape index (κ2) is 15.1. The predicted octanol–water partition coefficient (Wildman–Crippen LogP) is 2.97. The molecule has 0 aromatic heterocycles. The number of aliphatic carboxylic acids is 1. The van der Waals surface area contributed by atoms with Crippen molar-refractivity contribution in [1.82, 2.24) is 0 Å². The number of hydrogen-bond acceptors (Lipinski definition) is 2. The third-order valence-corrected chi connectivity index (χ3v) is 1.36. The van der Waals surface area contributed by atoms with E-state index in [4.69, 9.17) is 5.11 Å². The van der Waals surface area contributed by atoms with Crippen molar-refractivity contribution in [3.8, 4) is 0 Å². The average Bonchev–Trinajstić information content (AvgIpc) is 2.32. The summed E-state index contributed by atoms with van der Waals surface area (Å²) >= 11 is 0. The van der Waals surface area contributed by atoms with E-state index in [2.05, 4.69) is 24.3 Å². The molecular weight excluding hydrogens is 192 g/mol. The normalized spacial score (nSPS) is 11.6. The summed E-state index contributed by atoms with van der Waals surface area (Å²) < 4.78 is 0. The maximum absolute atomic E-state index is 9.60. The Morgan fingerprint density at radius 3 is 1.87 bits per heavy atom. The van der Waals surface area contributed by atoms with Crippen molar-refractivity contribution in [2.24, 2.45) is 0 Å². The van der Waals surface area contributed by atoms with E-state index in [9.17, 15) is 9.59 Å². The SMILES string of the molecule is C1=CCCC=C1.CC.O=CCCC(=O)O. The number of carboxylic acids is 1. The van der Waals surface area contributed by atoms with E-state index in [1.807, 2.05) is 13.8 Å². The first-order valence-corrected chi connectivity index (χ1v) is 5.24. The quantitative estimate of drug-likeness (QED) is 0.732. The fourth-order valence-electron chi connectivity index (χ4n) is 0.724. The van der Waals surface area contributed by atoms with E-state index in [1.54, 1.807) is 0 Å². The van der Waals surface area contributed by atoms with E-state index >= 15 is 0 Å². The zero-order valence-electron chi connectivity index (χ0n) is 9.48. The lowest BCUT2D eigenvalue weighted by Gasteiger charge is -1.88. The first-order valence-electron chi connectivity index (χ1n) is 5.24. The van der Waals surface area contributed by atoms with Crippen LogP contribution in [0, 0.1) is 0 Å². The van der Waals surface area contributed by atoms with Crippen molar-refractivity contribution in [3.63, 3.8) is 0 Å². The van der Waals surface area contributed by atoms with Gasteiger partial charge in [-0.2, -0.15) is 0 Å². The van der Waals surface area contributed by atoms with Crippen LogP contribution >= 0.6 is 0 Å². The molecule has 0 saturated heterocycles. The van der Waals surface area contributed by atoms with E-state index in [1.165, 1.54) is 12.8 Å². The summed E-state index contributed by atoms with van der Waals surface area (Å²) in [6, 6.07) is 0. The average molecular weight is 212 g/mol. The van der Waals surface area contributed by atoms with Gasteiger partial charge in [0.05, 0.1) is 6.42 Å². The van der Waals surface area contributed by atoms with Crippen LogP contribution in [-0.2, 0) is 9.59 Å². The standard InChI is InChI=1S/C6H8.C4H6O3.C2H6/c1-2-4-6-5-3-1;5-3-1-2-4(6)7;1-2/h1-4H,5-6H2;3H,1-2H2,(H,6,7);1-2H3. The molecular formula is C12H20O3. The Kier molecular flexibility index (Phi) is 16.2. The van der Waals surface area contributed by atoms with Gasteiger partial charge in [-0.1, -0.05) is 38.2 Å². The molecule has 0 radical (unpaired) electrons. The summed E-state index contributed by atoms with van der Waals surface area (Å²) in [5.74, 6) is -0.924. The summed E-state index contributed by atoms with van der Waals surface area (Å²) in [5.41, 5.74) is 0. The summed E-state index contributed by atoms with van der Waals surface area (Å²) in [5, 5.41) is 7.89. The monoisotopic (exact) mass is 212 g/mol. The Balaban J connectivity index is 0. The number of rotatable bonds is 3. The molecule has 3 heteroatoms. The van der Waals surface area contributed by atoms with Crippen molar-refractivity contribution in [3.05, 3.63) is 24.3 Å². The number of carboxylic acid groups (broad SMARTS) is 1. The maximum atomic E-state index is 9.60. The van der Waals surface area contributed by atoms with Gasteiger partial charge < -0.3 is 9.90 Å². The summed E-state index contributed by atoms with van der Waals surface area (Å²) in [6.07, 6.45) is 11.7. The molecule has 1 rings (SSSR count). The molecule has 0 atom stereocenters. The molecule has 0 saturated carbocycles. The molecule has 0 aliphatic heterocycles. The summed E-state index contributed by atoms with van der Waals surface area (Å²) in [7, 11) is 0. The third-order valence-electron chi connectivity index (χ3n) is 1.36. The van der Waals surface area contributed by atoms with Crippen molar-refractivity contribution < 1.29 is 14.7 Å². The molecule has 0 fully saturated rings. The van der Waals surface area contributed by atoms with Crippen LogP contribution in [0.3, 0.4) is 0 Å². The minimum Gasteiger partial charge on any atom is -0.481 e. The van der Waals surface area contributed by atoms with E-state index < -0.39 is 5.97 Å². The number of carbonyl (C=O) groups is 2. The van der Waals surface area contributed by atoms with Gasteiger partial charge in [0.15, 0.2) is 0 Å². The minimum atomic E-state index is -0.924. The lowest BCUT2D eigenvalue weighted by molar-refractivity contribution is -0.137. The second-order valence-corrected chi connectivity index (χ2v) is 2.53. The van der Waals surface area contributed by atoms with E-state index in [0.717, 1.165) is 0 Å². The van der Waals surface area contributed by atoms with Crippen LogP contribution in [0.1, 0.15) is 39.5 Å². The fourth-order valence-corrected chi connectivity index (χ4v) is 0.724. The predicted molar refractivity (Wildman–Crippen MR) is 61.8 cm³/mol.